The van der Waals surface area contributed by atoms with Gasteiger partial charge in [-0.05, 0) is 135 Å². The number of nitrogens with zero attached hydrogens (tertiary/aromatic N) is 3. The molecule has 1 saturated carbocycles. The number of anilines is 8. The first-order chi connectivity index (χ1) is 36.7. The molecule has 0 radical (unpaired) electrons. The second-order valence-corrected chi connectivity index (χ2v) is 26.9. The van der Waals surface area contributed by atoms with Crippen molar-refractivity contribution in [2.24, 2.45) is 0 Å². The summed E-state index contributed by atoms with van der Waals surface area (Å²) >= 11 is 3.85. The first-order valence-corrected chi connectivity index (χ1v) is 29.2. The van der Waals surface area contributed by atoms with Crippen molar-refractivity contribution in [2.75, 3.05) is 14.7 Å². The lowest BCUT2D eigenvalue weighted by Gasteiger charge is -2.51. The SMILES string of the molecule is CC(C)(C)c1ccc2c(c1)B1c3cc4c(cc3N(c3ccc(C(C)(C)C)cc3-c3ccccc3)c3cc(N5c6ccccc6C6(C)CCCCC56C)cc(c31)N2c1cccc2c1sc1ccccc12)sc1ccccc14. The van der Waals surface area contributed by atoms with Crippen LogP contribution in [-0.2, 0) is 16.2 Å². The minimum atomic E-state index is -0.149. The molecule has 0 N–H and O–H groups in total. The third-order valence-electron chi connectivity index (χ3n) is 18.5. The van der Waals surface area contributed by atoms with E-state index >= 15 is 0 Å². The zero-order chi connectivity index (χ0) is 51.6. The Morgan fingerprint density at radius 2 is 1.04 bits per heavy atom. The fraction of sp³-hybridized carbons (Fsp3) is 0.229. The molecule has 0 spiro atoms. The van der Waals surface area contributed by atoms with Crippen LogP contribution in [0, 0.1) is 0 Å². The molecule has 6 heteroatoms. The van der Waals surface area contributed by atoms with Crippen LogP contribution in [0.1, 0.15) is 97.8 Å². The molecule has 0 bridgehead atoms. The van der Waals surface area contributed by atoms with Crippen LogP contribution in [0.25, 0.3) is 51.5 Å². The van der Waals surface area contributed by atoms with E-state index in [2.05, 4.69) is 252 Å². The fourth-order valence-electron chi connectivity index (χ4n) is 14.4. The summed E-state index contributed by atoms with van der Waals surface area (Å²) in [6, 6.07) is 71.0. The molecule has 3 nitrogen and oxygen atoms in total. The fourth-order valence-corrected chi connectivity index (χ4v) is 16.7. The summed E-state index contributed by atoms with van der Waals surface area (Å²) in [5, 5.41) is 5.28. The maximum absolute atomic E-state index is 2.81. The highest BCUT2D eigenvalue weighted by Crippen LogP contribution is 2.62. The number of hydrogen-bond acceptors (Lipinski definition) is 5. The minimum absolute atomic E-state index is 0.0157. The lowest BCUT2D eigenvalue weighted by atomic mass is 9.33. The highest BCUT2D eigenvalue weighted by molar-refractivity contribution is 7.26. The van der Waals surface area contributed by atoms with Gasteiger partial charge in [-0.1, -0.05) is 183 Å². The molecule has 1 aliphatic carbocycles. The molecule has 0 amide bonds. The van der Waals surface area contributed by atoms with Crippen molar-refractivity contribution in [3.05, 3.63) is 199 Å². The summed E-state index contributed by atoms with van der Waals surface area (Å²) in [7, 11) is 0. The molecule has 2 atom stereocenters. The first-order valence-electron chi connectivity index (χ1n) is 27.6. The Labute approximate surface area is 456 Å². The van der Waals surface area contributed by atoms with Crippen molar-refractivity contribution >= 4 is 132 Å². The largest absolute Gasteiger partial charge is 0.334 e. The Hall–Kier alpha value is -7.12. The maximum atomic E-state index is 2.81. The number of rotatable bonds is 4. The average molecular weight is 1020 g/mol. The Morgan fingerprint density at radius 3 is 1.79 bits per heavy atom. The van der Waals surface area contributed by atoms with Gasteiger partial charge in [-0.25, -0.2) is 0 Å². The van der Waals surface area contributed by atoms with Gasteiger partial charge in [-0.3, -0.25) is 0 Å². The van der Waals surface area contributed by atoms with Crippen molar-refractivity contribution in [1.82, 2.24) is 0 Å². The van der Waals surface area contributed by atoms with Gasteiger partial charge in [-0.2, -0.15) is 0 Å². The topological polar surface area (TPSA) is 9.72 Å². The molecule has 11 aromatic rings. The van der Waals surface area contributed by atoms with Crippen LogP contribution in [0.2, 0.25) is 0 Å². The van der Waals surface area contributed by atoms with Gasteiger partial charge in [0.2, 0.25) is 0 Å². The van der Waals surface area contributed by atoms with Gasteiger partial charge in [0.15, 0.2) is 0 Å². The van der Waals surface area contributed by atoms with E-state index in [1.807, 2.05) is 22.7 Å². The van der Waals surface area contributed by atoms with Crippen LogP contribution in [0.3, 0.4) is 0 Å². The number of hydrogen-bond donors (Lipinski definition) is 0. The summed E-state index contributed by atoms with van der Waals surface area (Å²) in [4.78, 5) is 8.23. The van der Waals surface area contributed by atoms with Gasteiger partial charge >= 0.3 is 0 Å². The van der Waals surface area contributed by atoms with E-state index < -0.39 is 0 Å². The third-order valence-corrected chi connectivity index (χ3v) is 20.8. The Bertz CT molecular complexity index is 4230. The van der Waals surface area contributed by atoms with E-state index in [1.165, 1.54) is 149 Å². The minimum Gasteiger partial charge on any atom is -0.334 e. The third kappa shape index (κ3) is 6.47. The molecule has 9 aromatic carbocycles. The number of benzene rings is 9. The summed E-state index contributed by atoms with van der Waals surface area (Å²) in [6.45, 7) is 19.3. The van der Waals surface area contributed by atoms with Gasteiger partial charge in [0, 0.05) is 75.4 Å². The van der Waals surface area contributed by atoms with Gasteiger partial charge in [0.25, 0.3) is 6.71 Å². The lowest BCUT2D eigenvalue weighted by molar-refractivity contribution is 0.195. The summed E-state index contributed by atoms with van der Waals surface area (Å²) in [6.07, 6.45) is 4.76. The molecule has 1 fully saturated rings. The Balaban J connectivity index is 1.12. The predicted octanol–water partition coefficient (Wildman–Crippen LogP) is 18.5. The molecule has 5 heterocycles. The molecule has 4 aliphatic rings. The molecule has 15 rings (SSSR count). The molecule has 2 aromatic heterocycles. The lowest BCUT2D eigenvalue weighted by Crippen LogP contribution is -2.61. The smallest absolute Gasteiger partial charge is 0.252 e. The van der Waals surface area contributed by atoms with Crippen LogP contribution in [0.15, 0.2) is 182 Å². The van der Waals surface area contributed by atoms with Crippen molar-refractivity contribution < 1.29 is 0 Å². The van der Waals surface area contributed by atoms with Gasteiger partial charge in [-0.15, -0.1) is 22.7 Å². The van der Waals surface area contributed by atoms with E-state index in [1.54, 1.807) is 0 Å². The van der Waals surface area contributed by atoms with Crippen molar-refractivity contribution in [3.63, 3.8) is 0 Å². The van der Waals surface area contributed by atoms with Crippen molar-refractivity contribution in [1.29, 1.82) is 0 Å². The van der Waals surface area contributed by atoms with Crippen LogP contribution in [-0.4, -0.2) is 12.3 Å². The normalized spacial score (nSPS) is 18.8. The van der Waals surface area contributed by atoms with E-state index in [4.69, 9.17) is 0 Å². The van der Waals surface area contributed by atoms with Crippen molar-refractivity contribution in [2.45, 2.75) is 103 Å². The molecular weight excluding hydrogens is 958 g/mol. The second kappa shape index (κ2) is 16.2. The summed E-state index contributed by atoms with van der Waals surface area (Å²) < 4.78 is 5.27. The summed E-state index contributed by atoms with van der Waals surface area (Å²) in [5.74, 6) is 0. The zero-order valence-corrected chi connectivity index (χ0v) is 46.5. The Morgan fingerprint density at radius 1 is 0.447 bits per heavy atom. The van der Waals surface area contributed by atoms with E-state index in [-0.39, 0.29) is 28.5 Å². The average Bonchev–Trinajstić information content (AvgIpc) is 4.22. The molecule has 76 heavy (non-hydrogen) atoms. The second-order valence-electron chi connectivity index (χ2n) is 24.8. The highest BCUT2D eigenvalue weighted by atomic mass is 32.1. The predicted molar refractivity (Wildman–Crippen MR) is 332 cm³/mol. The van der Waals surface area contributed by atoms with E-state index in [9.17, 15) is 0 Å². The number of fused-ring (bicyclic) bond motifs is 13. The van der Waals surface area contributed by atoms with E-state index in [0.29, 0.717) is 0 Å². The summed E-state index contributed by atoms with van der Waals surface area (Å²) in [5.41, 5.74) is 20.4. The van der Waals surface area contributed by atoms with Gasteiger partial charge < -0.3 is 14.7 Å². The standard InChI is InChI=1S/C70H62BN3S2/c1-67(2,3)44-31-33-55(50(37-44)43-21-10-9-11-22-43)72-59-42-64-51(48-24-13-16-29-62(48)75-64)41-54(59)71-53-38-45(68(4,5)6)32-34-57(53)73(58-28-20-25-49-47-23-12-17-30-63(47)76-66(49)58)61-40-46(39-60(72)65(61)71)74-56-27-15-14-26-52(56)69(7)35-18-19-36-70(69,74)8/h9-17,20-34,37-42H,18-19,35-36H2,1-8H3. The van der Waals surface area contributed by atoms with E-state index in [0.717, 1.165) is 6.42 Å². The van der Waals surface area contributed by atoms with Gasteiger partial charge in [0.05, 0.1) is 21.6 Å². The molecule has 372 valence electrons. The van der Waals surface area contributed by atoms with Crippen LogP contribution < -0.4 is 31.1 Å². The number of thiophene rings is 2. The molecule has 2 unspecified atom stereocenters. The number of para-hydroxylation sites is 1. The van der Waals surface area contributed by atoms with Gasteiger partial charge in [0.1, 0.15) is 0 Å². The highest BCUT2D eigenvalue weighted by Gasteiger charge is 2.58. The zero-order valence-electron chi connectivity index (χ0n) is 44.9. The quantitative estimate of drug-likeness (QED) is 0.163. The molecular formula is C70H62BN3S2. The maximum Gasteiger partial charge on any atom is 0.252 e. The molecule has 3 aliphatic heterocycles. The van der Waals surface area contributed by atoms with Crippen LogP contribution >= 0.6 is 22.7 Å². The first kappa shape index (κ1) is 46.2. The monoisotopic (exact) mass is 1020 g/mol. The van der Waals surface area contributed by atoms with Crippen LogP contribution in [0.5, 0.6) is 0 Å². The Kier molecular flexibility index (Phi) is 9.85. The molecule has 0 saturated heterocycles. The van der Waals surface area contributed by atoms with Crippen LogP contribution in [0.4, 0.5) is 45.5 Å². The van der Waals surface area contributed by atoms with Crippen molar-refractivity contribution in [3.8, 4) is 11.1 Å².